The van der Waals surface area contributed by atoms with Crippen molar-refractivity contribution in [1.82, 2.24) is 0 Å². The van der Waals surface area contributed by atoms with Crippen molar-refractivity contribution in [3.05, 3.63) is 0 Å². The van der Waals surface area contributed by atoms with Crippen LogP contribution in [0.25, 0.3) is 0 Å². The highest BCUT2D eigenvalue weighted by atomic mass is 16.7. The Balaban J connectivity index is 3.46. The van der Waals surface area contributed by atoms with Gasteiger partial charge in [0.1, 0.15) is 6.10 Å². The van der Waals surface area contributed by atoms with Crippen LogP contribution in [0.2, 0.25) is 0 Å². The molecule has 0 aromatic rings. The number of hydrogen-bond donors (Lipinski definition) is 1. The molecule has 12 heteroatoms. The normalized spacial score (nSPS) is 27.2. The van der Waals surface area contributed by atoms with Gasteiger partial charge in [-0.05, 0) is 0 Å². The van der Waals surface area contributed by atoms with Gasteiger partial charge in [0.25, 0.3) is 0 Å². The van der Waals surface area contributed by atoms with Crippen LogP contribution in [0.5, 0.6) is 0 Å². The Hall–Kier alpha value is -2.73. The van der Waals surface area contributed by atoms with E-state index >= 15 is 0 Å². The summed E-state index contributed by atoms with van der Waals surface area (Å²) in [5.74, 6) is -4.10. The zero-order chi connectivity index (χ0) is 22.3. The number of ether oxygens (including phenoxy) is 6. The number of rotatable bonds is 7. The molecular formula is C17H24O12. The molecule has 0 radical (unpaired) electrons. The average molecular weight is 420 g/mol. The first-order valence-electron chi connectivity index (χ1n) is 8.58. The number of esters is 5. The summed E-state index contributed by atoms with van der Waals surface area (Å²) in [6, 6.07) is 0. The molecule has 1 aliphatic rings. The number of carbonyl (C=O) groups is 5. The molecule has 1 rings (SSSR count). The van der Waals surface area contributed by atoms with Crippen LogP contribution in [-0.4, -0.2) is 78.4 Å². The molecular weight excluding hydrogens is 396 g/mol. The molecule has 164 valence electrons. The molecule has 0 bridgehead atoms. The lowest BCUT2D eigenvalue weighted by Crippen LogP contribution is -2.65. The van der Waals surface area contributed by atoms with Gasteiger partial charge in [-0.15, -0.1) is 0 Å². The predicted octanol–water partition coefficient (Wildman–Crippen LogP) is -1.01. The molecule has 1 fully saturated rings. The summed E-state index contributed by atoms with van der Waals surface area (Å²) in [5, 5.41) is 9.63. The molecule has 0 aromatic heterocycles. The number of aliphatic hydroxyl groups is 1. The smallest absolute Gasteiger partial charge is 0.305 e. The summed E-state index contributed by atoms with van der Waals surface area (Å²) in [7, 11) is 0. The Kier molecular flexibility index (Phi) is 8.98. The van der Waals surface area contributed by atoms with Gasteiger partial charge < -0.3 is 33.5 Å². The lowest BCUT2D eigenvalue weighted by atomic mass is 9.94. The van der Waals surface area contributed by atoms with Crippen molar-refractivity contribution in [2.75, 3.05) is 6.61 Å². The maximum atomic E-state index is 11.6. The van der Waals surface area contributed by atoms with Crippen molar-refractivity contribution < 1.29 is 57.5 Å². The van der Waals surface area contributed by atoms with Crippen LogP contribution in [0, 0.1) is 0 Å². The fraction of sp³-hybridized carbons (Fsp3) is 0.706. The molecule has 1 N–H and O–H groups in total. The summed E-state index contributed by atoms with van der Waals surface area (Å²) in [4.78, 5) is 57.7. The monoisotopic (exact) mass is 420 g/mol. The molecule has 0 aliphatic carbocycles. The fourth-order valence-electron chi connectivity index (χ4n) is 2.78. The molecule has 0 spiro atoms. The lowest BCUT2D eigenvalue weighted by molar-refractivity contribution is -0.309. The first-order valence-corrected chi connectivity index (χ1v) is 8.58. The highest BCUT2D eigenvalue weighted by Gasteiger charge is 2.55. The minimum atomic E-state index is -1.61. The molecule has 6 atom stereocenters. The standard InChI is InChI=1S/C17H24O12/c1-7(19)24-12(6-18)13-14(25-8(2)20)15(26-9(3)21)16(27-10(4)22)17(29-13)28-11(5)23/h12-18H,6H2,1-5H3/t12-,13+,14+,15-,16+,17+/m0/s1. The van der Waals surface area contributed by atoms with Crippen molar-refractivity contribution in [1.29, 1.82) is 0 Å². The van der Waals surface area contributed by atoms with E-state index in [0.717, 1.165) is 34.6 Å². The van der Waals surface area contributed by atoms with Crippen molar-refractivity contribution in [2.24, 2.45) is 0 Å². The second-order valence-corrected chi connectivity index (χ2v) is 6.13. The summed E-state index contributed by atoms with van der Waals surface area (Å²) in [6.07, 6.45) is -8.88. The molecule has 1 aliphatic heterocycles. The number of aliphatic hydroxyl groups excluding tert-OH is 1. The van der Waals surface area contributed by atoms with Gasteiger partial charge in [-0.3, -0.25) is 24.0 Å². The van der Waals surface area contributed by atoms with Crippen LogP contribution in [0.15, 0.2) is 0 Å². The van der Waals surface area contributed by atoms with Crippen LogP contribution >= 0.6 is 0 Å². The van der Waals surface area contributed by atoms with Crippen molar-refractivity contribution in [3.8, 4) is 0 Å². The van der Waals surface area contributed by atoms with Crippen LogP contribution < -0.4 is 0 Å². The molecule has 29 heavy (non-hydrogen) atoms. The summed E-state index contributed by atoms with van der Waals surface area (Å²) in [5.41, 5.74) is 0. The highest BCUT2D eigenvalue weighted by molar-refractivity contribution is 5.69. The largest absolute Gasteiger partial charge is 0.457 e. The molecule has 0 saturated carbocycles. The topological polar surface area (TPSA) is 161 Å². The van der Waals surface area contributed by atoms with Gasteiger partial charge in [-0.1, -0.05) is 0 Å². The van der Waals surface area contributed by atoms with E-state index in [1.165, 1.54) is 0 Å². The quantitative estimate of drug-likeness (QED) is 0.395. The lowest BCUT2D eigenvalue weighted by Gasteiger charge is -2.45. The van der Waals surface area contributed by atoms with Gasteiger partial charge in [0.2, 0.25) is 12.4 Å². The maximum absolute atomic E-state index is 11.6. The second kappa shape index (κ2) is 10.7. The van der Waals surface area contributed by atoms with Crippen molar-refractivity contribution >= 4 is 29.8 Å². The SMILES string of the molecule is CC(=O)O[C@@H]1O[C@H]([C@H](CO)OC(C)=O)[C@@H](OC(C)=O)[C@H](OC(C)=O)[C@H]1OC(C)=O. The van der Waals surface area contributed by atoms with E-state index in [2.05, 4.69) is 0 Å². The second-order valence-electron chi connectivity index (χ2n) is 6.13. The number of carbonyl (C=O) groups excluding carboxylic acids is 5. The van der Waals surface area contributed by atoms with E-state index in [9.17, 15) is 29.1 Å². The predicted molar refractivity (Wildman–Crippen MR) is 89.7 cm³/mol. The van der Waals surface area contributed by atoms with Gasteiger partial charge in [0.15, 0.2) is 18.3 Å². The Morgan fingerprint density at radius 3 is 1.59 bits per heavy atom. The first-order chi connectivity index (χ1) is 13.5. The molecule has 1 heterocycles. The third-order valence-electron chi connectivity index (χ3n) is 3.58. The minimum absolute atomic E-state index is 0.764. The molecule has 0 unspecified atom stereocenters. The minimum Gasteiger partial charge on any atom is -0.457 e. The fourth-order valence-corrected chi connectivity index (χ4v) is 2.78. The van der Waals surface area contributed by atoms with Gasteiger partial charge in [-0.25, -0.2) is 0 Å². The Morgan fingerprint density at radius 2 is 1.17 bits per heavy atom. The van der Waals surface area contributed by atoms with Crippen molar-refractivity contribution in [2.45, 2.75) is 71.4 Å². The Labute approximate surface area is 166 Å². The summed E-state index contributed by atoms with van der Waals surface area (Å²) >= 11 is 0. The van der Waals surface area contributed by atoms with Gasteiger partial charge in [0, 0.05) is 34.6 Å². The third-order valence-corrected chi connectivity index (χ3v) is 3.58. The summed E-state index contributed by atoms with van der Waals surface area (Å²) in [6.45, 7) is 4.52. The highest BCUT2D eigenvalue weighted by Crippen LogP contribution is 2.32. The van der Waals surface area contributed by atoms with Gasteiger partial charge >= 0.3 is 29.8 Å². The van der Waals surface area contributed by atoms with E-state index in [1.54, 1.807) is 0 Å². The van der Waals surface area contributed by atoms with Crippen molar-refractivity contribution in [3.63, 3.8) is 0 Å². The van der Waals surface area contributed by atoms with E-state index in [4.69, 9.17) is 28.4 Å². The van der Waals surface area contributed by atoms with Crippen LogP contribution in [0.1, 0.15) is 34.6 Å². The van der Waals surface area contributed by atoms with Crippen LogP contribution in [0.3, 0.4) is 0 Å². The van der Waals surface area contributed by atoms with E-state index < -0.39 is 73.3 Å². The Morgan fingerprint density at radius 1 is 0.724 bits per heavy atom. The molecule has 12 nitrogen and oxygen atoms in total. The molecule has 1 saturated heterocycles. The van der Waals surface area contributed by atoms with Crippen LogP contribution in [0.4, 0.5) is 0 Å². The number of hydrogen-bond acceptors (Lipinski definition) is 12. The van der Waals surface area contributed by atoms with Gasteiger partial charge in [0.05, 0.1) is 6.61 Å². The maximum Gasteiger partial charge on any atom is 0.305 e. The molecule has 0 amide bonds. The van der Waals surface area contributed by atoms with E-state index in [0.29, 0.717) is 0 Å². The average Bonchev–Trinajstić information content (AvgIpc) is 2.56. The van der Waals surface area contributed by atoms with Gasteiger partial charge in [-0.2, -0.15) is 0 Å². The molecule has 0 aromatic carbocycles. The summed E-state index contributed by atoms with van der Waals surface area (Å²) < 4.78 is 31.0. The van der Waals surface area contributed by atoms with Crippen LogP contribution in [-0.2, 0) is 52.4 Å². The zero-order valence-corrected chi connectivity index (χ0v) is 16.6. The van der Waals surface area contributed by atoms with E-state index in [-0.39, 0.29) is 0 Å². The zero-order valence-electron chi connectivity index (χ0n) is 16.6. The Bertz CT molecular complexity index is 644. The van der Waals surface area contributed by atoms with E-state index in [1.807, 2.05) is 0 Å². The third kappa shape index (κ3) is 7.31. The first kappa shape index (κ1) is 24.3.